The molecule has 2 rings (SSSR count). The molecule has 2 atom stereocenters. The lowest BCUT2D eigenvalue weighted by molar-refractivity contribution is -0.124. The lowest BCUT2D eigenvalue weighted by Crippen LogP contribution is -2.48. The number of hydrogen-bond donors (Lipinski definition) is 2. The highest BCUT2D eigenvalue weighted by Gasteiger charge is 2.38. The molecule has 21 heavy (non-hydrogen) atoms. The maximum Gasteiger partial charge on any atom is 0.238 e. The van der Waals surface area contributed by atoms with E-state index in [4.69, 9.17) is 0 Å². The van der Waals surface area contributed by atoms with Crippen LogP contribution < -0.4 is 10.6 Å². The largest absolute Gasteiger partial charge is 0.353 e. The van der Waals surface area contributed by atoms with Gasteiger partial charge in [0.25, 0.3) is 0 Å². The molecule has 2 aliphatic rings. The van der Waals surface area contributed by atoms with Crippen LogP contribution in [0.3, 0.4) is 0 Å². The minimum absolute atomic E-state index is 0.138. The molecule has 122 valence electrons. The van der Waals surface area contributed by atoms with E-state index in [0.29, 0.717) is 32.0 Å². The fourth-order valence-corrected chi connectivity index (χ4v) is 4.94. The topological polar surface area (TPSA) is 78.5 Å². The Hall–Kier alpha value is -0.660. The molecule has 6 nitrogen and oxygen atoms in total. The minimum atomic E-state index is -3.30. The van der Waals surface area contributed by atoms with E-state index in [-0.39, 0.29) is 11.7 Å². The molecular formula is C14H27N3O3S. The SMILES string of the molecule is CCCCS(=O)(=O)N1CCCC1C(=O)NCC1CCCN1. The predicted molar refractivity (Wildman–Crippen MR) is 82.5 cm³/mol. The van der Waals surface area contributed by atoms with Gasteiger partial charge in [-0.05, 0) is 38.6 Å². The van der Waals surface area contributed by atoms with Crippen LogP contribution in [0.25, 0.3) is 0 Å². The standard InChI is InChI=1S/C14H27N3O3S/c1-2-3-10-21(19,20)17-9-5-7-13(17)14(18)16-11-12-6-4-8-15-12/h12-13,15H,2-11H2,1H3,(H,16,18). The van der Waals surface area contributed by atoms with Crippen LogP contribution in [0.4, 0.5) is 0 Å². The second-order valence-electron chi connectivity index (χ2n) is 5.98. The van der Waals surface area contributed by atoms with Crippen molar-refractivity contribution in [1.82, 2.24) is 14.9 Å². The molecule has 0 radical (unpaired) electrons. The number of carbonyl (C=O) groups is 1. The molecule has 2 aliphatic heterocycles. The van der Waals surface area contributed by atoms with E-state index in [1.807, 2.05) is 6.92 Å². The lowest BCUT2D eigenvalue weighted by Gasteiger charge is -2.24. The zero-order chi connectivity index (χ0) is 15.3. The van der Waals surface area contributed by atoms with Crippen molar-refractivity contribution >= 4 is 15.9 Å². The summed E-state index contributed by atoms with van der Waals surface area (Å²) in [5.41, 5.74) is 0. The lowest BCUT2D eigenvalue weighted by atomic mass is 10.2. The second-order valence-corrected chi connectivity index (χ2v) is 8.02. The van der Waals surface area contributed by atoms with Crippen molar-refractivity contribution in [3.05, 3.63) is 0 Å². The van der Waals surface area contributed by atoms with E-state index < -0.39 is 16.1 Å². The highest BCUT2D eigenvalue weighted by atomic mass is 32.2. The summed E-state index contributed by atoms with van der Waals surface area (Å²) in [5, 5.41) is 6.24. The van der Waals surface area contributed by atoms with Crippen molar-refractivity contribution in [1.29, 1.82) is 0 Å². The van der Waals surface area contributed by atoms with Crippen LogP contribution in [-0.4, -0.2) is 56.1 Å². The number of unbranched alkanes of at least 4 members (excludes halogenated alkanes) is 1. The van der Waals surface area contributed by atoms with Gasteiger partial charge in [-0.2, -0.15) is 4.31 Å². The smallest absolute Gasteiger partial charge is 0.238 e. The highest BCUT2D eigenvalue weighted by Crippen LogP contribution is 2.22. The number of sulfonamides is 1. The van der Waals surface area contributed by atoms with E-state index in [2.05, 4.69) is 10.6 Å². The molecule has 2 N–H and O–H groups in total. The van der Waals surface area contributed by atoms with Crippen molar-refractivity contribution < 1.29 is 13.2 Å². The predicted octanol–water partition coefficient (Wildman–Crippen LogP) is 0.449. The molecule has 2 saturated heterocycles. The Balaban J connectivity index is 1.89. The van der Waals surface area contributed by atoms with Gasteiger partial charge in [-0.15, -0.1) is 0 Å². The first kappa shape index (κ1) is 16.7. The number of carbonyl (C=O) groups excluding carboxylic acids is 1. The van der Waals surface area contributed by atoms with E-state index in [1.165, 1.54) is 4.31 Å². The third-order valence-corrected chi connectivity index (χ3v) is 6.26. The summed E-state index contributed by atoms with van der Waals surface area (Å²) in [6, 6.07) is -0.172. The number of nitrogens with one attached hydrogen (secondary N) is 2. The molecule has 2 fully saturated rings. The van der Waals surface area contributed by atoms with Crippen LogP contribution in [0, 0.1) is 0 Å². The fourth-order valence-electron chi connectivity index (χ4n) is 3.05. The Morgan fingerprint density at radius 3 is 2.81 bits per heavy atom. The summed E-state index contributed by atoms with van der Waals surface area (Å²) in [6.07, 6.45) is 5.11. The van der Waals surface area contributed by atoms with Crippen LogP contribution >= 0.6 is 0 Å². The molecule has 2 unspecified atom stereocenters. The van der Waals surface area contributed by atoms with Crippen LogP contribution in [-0.2, 0) is 14.8 Å². The molecule has 0 aromatic carbocycles. The summed E-state index contributed by atoms with van der Waals surface area (Å²) in [4.78, 5) is 12.3. The Bertz CT molecular complexity index is 446. The summed E-state index contributed by atoms with van der Waals surface area (Å²) in [7, 11) is -3.30. The van der Waals surface area contributed by atoms with Crippen LogP contribution in [0.5, 0.6) is 0 Å². The van der Waals surface area contributed by atoms with E-state index in [9.17, 15) is 13.2 Å². The normalized spacial score (nSPS) is 27.1. The monoisotopic (exact) mass is 317 g/mol. The molecule has 0 spiro atoms. The molecular weight excluding hydrogens is 290 g/mol. The van der Waals surface area contributed by atoms with Gasteiger partial charge >= 0.3 is 0 Å². The quantitative estimate of drug-likeness (QED) is 0.714. The maximum atomic E-state index is 12.3. The van der Waals surface area contributed by atoms with Crippen molar-refractivity contribution in [3.63, 3.8) is 0 Å². The zero-order valence-corrected chi connectivity index (χ0v) is 13.6. The van der Waals surface area contributed by atoms with E-state index in [0.717, 1.165) is 32.2 Å². The number of rotatable bonds is 7. The van der Waals surface area contributed by atoms with Gasteiger partial charge in [-0.1, -0.05) is 13.3 Å². The van der Waals surface area contributed by atoms with Gasteiger partial charge in [-0.3, -0.25) is 4.79 Å². The summed E-state index contributed by atoms with van der Waals surface area (Å²) in [5.74, 6) is 0.0125. The molecule has 0 aliphatic carbocycles. The van der Waals surface area contributed by atoms with Gasteiger partial charge in [0.15, 0.2) is 0 Å². The molecule has 0 saturated carbocycles. The number of nitrogens with zero attached hydrogens (tertiary/aromatic N) is 1. The van der Waals surface area contributed by atoms with E-state index in [1.54, 1.807) is 0 Å². The van der Waals surface area contributed by atoms with Gasteiger partial charge in [-0.25, -0.2) is 8.42 Å². The maximum absolute atomic E-state index is 12.3. The van der Waals surface area contributed by atoms with Gasteiger partial charge in [0, 0.05) is 19.1 Å². The third kappa shape index (κ3) is 4.40. The van der Waals surface area contributed by atoms with Gasteiger partial charge in [0.05, 0.1) is 5.75 Å². The number of amides is 1. The minimum Gasteiger partial charge on any atom is -0.353 e. The highest BCUT2D eigenvalue weighted by molar-refractivity contribution is 7.89. The average Bonchev–Trinajstić information content (AvgIpc) is 3.13. The summed E-state index contributed by atoms with van der Waals surface area (Å²) < 4.78 is 26.0. The average molecular weight is 317 g/mol. The van der Waals surface area contributed by atoms with Gasteiger partial charge < -0.3 is 10.6 Å². The van der Waals surface area contributed by atoms with Crippen molar-refractivity contribution in [2.45, 2.75) is 57.5 Å². The molecule has 0 aromatic rings. The number of hydrogen-bond acceptors (Lipinski definition) is 4. The summed E-state index contributed by atoms with van der Waals surface area (Å²) in [6.45, 7) is 4.05. The van der Waals surface area contributed by atoms with Gasteiger partial charge in [0.2, 0.25) is 15.9 Å². The van der Waals surface area contributed by atoms with Crippen molar-refractivity contribution in [2.75, 3.05) is 25.4 Å². The van der Waals surface area contributed by atoms with Gasteiger partial charge in [0.1, 0.15) is 6.04 Å². The van der Waals surface area contributed by atoms with Crippen molar-refractivity contribution in [2.24, 2.45) is 0 Å². The first-order chi connectivity index (χ1) is 10.0. The summed E-state index contributed by atoms with van der Waals surface area (Å²) >= 11 is 0. The Morgan fingerprint density at radius 2 is 2.14 bits per heavy atom. The Kier molecular flexibility index (Phi) is 6.01. The fraction of sp³-hybridized carbons (Fsp3) is 0.929. The van der Waals surface area contributed by atoms with Crippen LogP contribution in [0.15, 0.2) is 0 Å². The molecule has 1 amide bonds. The van der Waals surface area contributed by atoms with Crippen molar-refractivity contribution in [3.8, 4) is 0 Å². The van der Waals surface area contributed by atoms with E-state index >= 15 is 0 Å². The molecule has 0 bridgehead atoms. The molecule has 2 heterocycles. The third-order valence-electron chi connectivity index (χ3n) is 4.30. The second kappa shape index (κ2) is 7.56. The van der Waals surface area contributed by atoms with Crippen LogP contribution in [0.1, 0.15) is 45.4 Å². The first-order valence-corrected chi connectivity index (χ1v) is 9.66. The zero-order valence-electron chi connectivity index (χ0n) is 12.8. The molecule has 0 aromatic heterocycles. The van der Waals surface area contributed by atoms with Crippen LogP contribution in [0.2, 0.25) is 0 Å². The molecule has 7 heteroatoms. The Morgan fingerprint density at radius 1 is 1.33 bits per heavy atom. The Labute approximate surface area is 127 Å². The first-order valence-electron chi connectivity index (χ1n) is 8.05.